The SMILES string of the molecule is C[C](C)=[Ti]=[Ge]([CH3])[CH3].Cl.Cl.[C-]1=CC=CC1.[C-]1=CC=CC1. The van der Waals surface area contributed by atoms with Crippen LogP contribution >= 0.6 is 24.8 Å². The van der Waals surface area contributed by atoms with Gasteiger partial charge in [0.25, 0.3) is 0 Å². The first-order valence-corrected chi connectivity index (χ1v) is 16.0. The summed E-state index contributed by atoms with van der Waals surface area (Å²) in [4.78, 5) is 0. The van der Waals surface area contributed by atoms with Gasteiger partial charge in [-0.1, -0.05) is 0 Å². The summed E-state index contributed by atoms with van der Waals surface area (Å²) in [6, 6.07) is 0. The molecule has 19 heavy (non-hydrogen) atoms. The Hall–Kier alpha value is 0.667. The number of hydrogen-bond donors (Lipinski definition) is 0. The van der Waals surface area contributed by atoms with E-state index in [1.807, 2.05) is 24.3 Å². The molecule has 0 aliphatic heterocycles. The first kappa shape index (κ1) is 24.7. The molecule has 0 saturated heterocycles. The van der Waals surface area contributed by atoms with Gasteiger partial charge in [0.1, 0.15) is 0 Å². The van der Waals surface area contributed by atoms with Crippen LogP contribution in [0.5, 0.6) is 0 Å². The molecule has 0 amide bonds. The van der Waals surface area contributed by atoms with Crippen molar-refractivity contribution >= 4 is 39.6 Å². The van der Waals surface area contributed by atoms with Crippen LogP contribution in [0.25, 0.3) is 0 Å². The number of hydrogen-bond acceptors (Lipinski definition) is 0. The van der Waals surface area contributed by atoms with E-state index in [2.05, 4.69) is 49.7 Å². The van der Waals surface area contributed by atoms with Gasteiger partial charge in [0.2, 0.25) is 0 Å². The van der Waals surface area contributed by atoms with Crippen LogP contribution in [0, 0.1) is 12.2 Å². The van der Waals surface area contributed by atoms with E-state index in [0.29, 0.717) is 15.9 Å². The van der Waals surface area contributed by atoms with Gasteiger partial charge in [0.05, 0.1) is 0 Å². The molecule has 2 aliphatic carbocycles. The van der Waals surface area contributed by atoms with Crippen LogP contribution < -0.4 is 0 Å². The summed E-state index contributed by atoms with van der Waals surface area (Å²) in [5, 5.41) is 0. The quantitative estimate of drug-likeness (QED) is 0.400. The smallest absolute Gasteiger partial charge is 0.109 e. The largest absolute Gasteiger partial charge is 0.273 e. The molecule has 0 fully saturated rings. The van der Waals surface area contributed by atoms with Crippen molar-refractivity contribution in [3.8, 4) is 0 Å². The fraction of sp³-hybridized carbons (Fsp3) is 0.400. The van der Waals surface area contributed by atoms with E-state index in [0.717, 1.165) is 12.8 Å². The monoisotopic (exact) mass is 396 g/mol. The van der Waals surface area contributed by atoms with Crippen LogP contribution in [0.3, 0.4) is 0 Å². The fourth-order valence-electron chi connectivity index (χ4n) is 1.18. The molecule has 0 unspecified atom stereocenters. The molecule has 0 heterocycles. The van der Waals surface area contributed by atoms with Crippen LogP contribution in [0.15, 0.2) is 36.5 Å². The molecule has 0 saturated carbocycles. The minimum absolute atomic E-state index is 0. The van der Waals surface area contributed by atoms with E-state index in [9.17, 15) is 0 Å². The molecule has 0 spiro atoms. The van der Waals surface area contributed by atoms with Gasteiger partial charge >= 0.3 is 56.0 Å². The van der Waals surface area contributed by atoms with Crippen LogP contribution in [0.1, 0.15) is 26.7 Å². The zero-order chi connectivity index (χ0) is 12.9. The van der Waals surface area contributed by atoms with Crippen LogP contribution in [-0.4, -0.2) is 14.8 Å². The van der Waals surface area contributed by atoms with Gasteiger partial charge in [-0.2, -0.15) is 12.2 Å². The first-order valence-electron chi connectivity index (χ1n) is 5.93. The van der Waals surface area contributed by atoms with Gasteiger partial charge in [-0.25, -0.2) is 24.3 Å². The molecule has 0 aromatic rings. The van der Waals surface area contributed by atoms with Crippen molar-refractivity contribution in [3.05, 3.63) is 48.6 Å². The topological polar surface area (TPSA) is 0 Å². The normalized spacial score (nSPS) is 12.0. The van der Waals surface area contributed by atoms with Crippen LogP contribution in [0.2, 0.25) is 11.5 Å². The third kappa shape index (κ3) is 24.1. The van der Waals surface area contributed by atoms with Crippen molar-refractivity contribution in [3.63, 3.8) is 0 Å². The first-order chi connectivity index (χ1) is 8.13. The van der Waals surface area contributed by atoms with E-state index in [1.54, 1.807) is 3.81 Å². The molecule has 0 aromatic carbocycles. The maximum Gasteiger partial charge on any atom is -0.109 e. The Morgan fingerprint density at radius 1 is 0.947 bits per heavy atom. The Balaban J connectivity index is -0.000000194. The zero-order valence-corrected chi connectivity index (χ0v) is 17.5. The minimum Gasteiger partial charge on any atom is -0.273 e. The predicted molar refractivity (Wildman–Crippen MR) is 91.5 cm³/mol. The average Bonchev–Trinajstić information content (AvgIpc) is 2.96. The zero-order valence-electron chi connectivity index (χ0n) is 12.2. The second-order valence-corrected chi connectivity index (χ2v) is 20.6. The van der Waals surface area contributed by atoms with E-state index < -0.39 is 0 Å². The maximum atomic E-state index is 2.99. The second kappa shape index (κ2) is 18.7. The summed E-state index contributed by atoms with van der Waals surface area (Å²) in [5.41, 5.74) is 0. The van der Waals surface area contributed by atoms with Crippen LogP contribution in [0.4, 0.5) is 0 Å². The van der Waals surface area contributed by atoms with Crippen molar-refractivity contribution in [2.75, 3.05) is 0 Å². The Kier molecular flexibility index (Phi) is 24.2. The fourth-order valence-corrected chi connectivity index (χ4v) is 11.4. The van der Waals surface area contributed by atoms with Crippen molar-refractivity contribution in [1.29, 1.82) is 0 Å². The van der Waals surface area contributed by atoms with E-state index in [1.165, 1.54) is 0 Å². The van der Waals surface area contributed by atoms with E-state index >= 15 is 0 Å². The van der Waals surface area contributed by atoms with Crippen molar-refractivity contribution in [2.45, 2.75) is 38.2 Å². The summed E-state index contributed by atoms with van der Waals surface area (Å²) in [7, 11) is -0.361. The summed E-state index contributed by atoms with van der Waals surface area (Å²) in [6.45, 7) is 4.56. The third-order valence-corrected chi connectivity index (χ3v) is 11.9. The van der Waals surface area contributed by atoms with Gasteiger partial charge in [-0.05, 0) is 0 Å². The molecule has 4 heteroatoms. The van der Waals surface area contributed by atoms with Gasteiger partial charge in [0.15, 0.2) is 0 Å². The molecular formula is C15H24Cl2GeTi-2. The molecule has 0 aromatic heterocycles. The Bertz CT molecular complexity index is 325. The number of allylic oxidation sites excluding steroid dienone is 8. The second-order valence-electron chi connectivity index (χ2n) is 4.13. The van der Waals surface area contributed by atoms with Gasteiger partial charge in [0, 0.05) is 0 Å². The summed E-state index contributed by atoms with van der Waals surface area (Å²) in [5.74, 6) is 4.93. The molecule has 2 rings (SSSR count). The molecule has 2 aliphatic rings. The Labute approximate surface area is 141 Å². The minimum atomic E-state index is -0.361. The molecule has 0 radical (unpaired) electrons. The van der Waals surface area contributed by atoms with Crippen molar-refractivity contribution < 1.29 is 15.9 Å². The van der Waals surface area contributed by atoms with Crippen molar-refractivity contribution in [1.82, 2.24) is 0 Å². The molecule has 0 nitrogen and oxygen atoms in total. The molecule has 0 bridgehead atoms. The van der Waals surface area contributed by atoms with Crippen molar-refractivity contribution in [2.24, 2.45) is 0 Å². The molecule has 108 valence electrons. The molecular weight excluding hydrogens is 372 g/mol. The van der Waals surface area contributed by atoms with Gasteiger partial charge < -0.3 is 0 Å². The third-order valence-electron chi connectivity index (χ3n) is 1.67. The predicted octanol–water partition coefficient (Wildman–Crippen LogP) is 4.99. The van der Waals surface area contributed by atoms with E-state index in [4.69, 9.17) is 0 Å². The van der Waals surface area contributed by atoms with Gasteiger partial charge in [-0.3, -0.25) is 12.2 Å². The van der Waals surface area contributed by atoms with Crippen LogP contribution in [-0.2, 0) is 15.9 Å². The standard InChI is InChI=1S/2C5H5.C3H6.C2H6Ge.2ClH.Ti/c2*1-2-4-5-3-1;2*1-3-2;;;/h2*1-3H,4H2;2*1-2H3;2*1H;/q2*-1;;;;;. The number of rotatable bonds is 0. The van der Waals surface area contributed by atoms with E-state index in [-0.39, 0.29) is 35.8 Å². The summed E-state index contributed by atoms with van der Waals surface area (Å²) < 4.78 is 1.74. The molecule has 0 atom stereocenters. The Morgan fingerprint density at radius 2 is 1.37 bits per heavy atom. The summed E-state index contributed by atoms with van der Waals surface area (Å²) >= 11 is 0.472. The Morgan fingerprint density at radius 3 is 1.42 bits per heavy atom. The number of halogens is 2. The maximum absolute atomic E-state index is 2.99. The molecule has 0 N–H and O–H groups in total. The summed E-state index contributed by atoms with van der Waals surface area (Å²) in [6.07, 6.45) is 20.0. The van der Waals surface area contributed by atoms with Gasteiger partial charge in [-0.15, -0.1) is 37.7 Å². The average molecular weight is 396 g/mol.